The lowest BCUT2D eigenvalue weighted by molar-refractivity contribution is -0.137. The summed E-state index contributed by atoms with van der Waals surface area (Å²) in [7, 11) is 1.21. The Morgan fingerprint density at radius 2 is 1.79 bits per heavy atom. The topological polar surface area (TPSA) is 82.1 Å². The molecule has 0 aliphatic heterocycles. The summed E-state index contributed by atoms with van der Waals surface area (Å²) in [6.45, 7) is 6.32. The molecule has 0 amide bonds. The monoisotopic (exact) mass is 508 g/mol. The maximum absolute atomic E-state index is 13.0. The Kier molecular flexibility index (Phi) is 10.4. The fourth-order valence-electron chi connectivity index (χ4n) is 4.26. The summed E-state index contributed by atoms with van der Waals surface area (Å²) in [6.07, 6.45) is 9.07. The van der Waals surface area contributed by atoms with Crippen LogP contribution < -0.4 is 9.47 Å². The molecule has 0 heterocycles. The maximum Gasteiger partial charge on any atom is 0.303 e. The predicted molar refractivity (Wildman–Crippen MR) is 137 cm³/mol. The SMILES string of the molecule is COc1ccc(CCCC2(O[Si](C)(C)C)C=C(Cl)C(=O)C2=CCCCCCC(=O)O)cc1OC. The Labute approximate surface area is 209 Å². The van der Waals surface area contributed by atoms with Gasteiger partial charge in [0.05, 0.1) is 19.3 Å². The molecule has 1 aromatic rings. The second kappa shape index (κ2) is 12.6. The minimum Gasteiger partial charge on any atom is -0.493 e. The molecule has 1 N–H and O–H groups in total. The van der Waals surface area contributed by atoms with Gasteiger partial charge in [0.15, 0.2) is 19.8 Å². The van der Waals surface area contributed by atoms with Crippen LogP contribution in [0.1, 0.15) is 50.5 Å². The zero-order chi connectivity index (χ0) is 25.4. The minimum atomic E-state index is -2.02. The number of aryl methyl sites for hydroxylation is 1. The molecule has 2 rings (SSSR count). The minimum absolute atomic E-state index is 0.168. The molecule has 0 saturated heterocycles. The largest absolute Gasteiger partial charge is 0.493 e. The van der Waals surface area contributed by atoms with Gasteiger partial charge in [-0.15, -0.1) is 0 Å². The van der Waals surface area contributed by atoms with Crippen molar-refractivity contribution in [1.29, 1.82) is 0 Å². The standard InChI is InChI=1S/C26H37ClO6Si/c1-31-22-15-14-19(17-23(22)32-2)11-10-16-26(33-34(3,4)5)18-21(27)25(30)20(26)12-8-6-7-9-13-24(28)29/h12,14-15,17-18H,6-11,13,16H2,1-5H3,(H,28,29). The number of rotatable bonds is 14. The van der Waals surface area contributed by atoms with Gasteiger partial charge < -0.3 is 19.0 Å². The van der Waals surface area contributed by atoms with Crippen molar-refractivity contribution in [2.24, 2.45) is 0 Å². The van der Waals surface area contributed by atoms with E-state index in [-0.39, 0.29) is 17.2 Å². The van der Waals surface area contributed by atoms with Crippen molar-refractivity contribution in [3.05, 3.63) is 46.5 Å². The van der Waals surface area contributed by atoms with Gasteiger partial charge in [0.1, 0.15) is 5.60 Å². The van der Waals surface area contributed by atoms with E-state index in [0.717, 1.165) is 31.2 Å². The third kappa shape index (κ3) is 8.00. The van der Waals surface area contributed by atoms with Crippen LogP contribution in [0.3, 0.4) is 0 Å². The number of hydrogen-bond donors (Lipinski definition) is 1. The number of halogens is 1. The molecule has 0 fully saturated rings. The number of allylic oxidation sites excluding steroid dienone is 2. The molecular weight excluding hydrogens is 472 g/mol. The molecule has 0 radical (unpaired) electrons. The molecule has 1 aliphatic carbocycles. The number of ketones is 1. The van der Waals surface area contributed by atoms with E-state index in [9.17, 15) is 9.59 Å². The van der Waals surface area contributed by atoms with Gasteiger partial charge in [0, 0.05) is 12.0 Å². The van der Waals surface area contributed by atoms with E-state index in [1.54, 1.807) is 20.3 Å². The highest BCUT2D eigenvalue weighted by Gasteiger charge is 2.45. The van der Waals surface area contributed by atoms with E-state index in [0.29, 0.717) is 36.3 Å². The van der Waals surface area contributed by atoms with Crippen molar-refractivity contribution < 1.29 is 28.6 Å². The average Bonchev–Trinajstić information content (AvgIpc) is 2.98. The van der Waals surface area contributed by atoms with Crippen LogP contribution in [-0.2, 0) is 20.4 Å². The molecule has 188 valence electrons. The van der Waals surface area contributed by atoms with Crippen LogP contribution >= 0.6 is 11.6 Å². The van der Waals surface area contributed by atoms with Crippen LogP contribution in [0, 0.1) is 0 Å². The number of carbonyl (C=O) groups excluding carboxylic acids is 1. The number of ether oxygens (including phenoxy) is 2. The summed E-state index contributed by atoms with van der Waals surface area (Å²) < 4.78 is 17.4. The van der Waals surface area contributed by atoms with Crippen molar-refractivity contribution in [2.45, 2.75) is 76.6 Å². The summed E-state index contributed by atoms with van der Waals surface area (Å²) in [6, 6.07) is 5.89. The van der Waals surface area contributed by atoms with Crippen LogP contribution in [-0.4, -0.2) is 45.0 Å². The number of carboxylic acids is 1. The number of benzene rings is 1. The first-order valence-corrected chi connectivity index (χ1v) is 15.6. The van der Waals surface area contributed by atoms with Gasteiger partial charge in [0.2, 0.25) is 5.78 Å². The lowest BCUT2D eigenvalue weighted by atomic mass is 9.89. The van der Waals surface area contributed by atoms with Gasteiger partial charge in [0.25, 0.3) is 0 Å². The molecular formula is C26H37ClO6Si. The number of unbranched alkanes of at least 4 members (excludes halogenated alkanes) is 3. The highest BCUT2D eigenvalue weighted by molar-refractivity contribution is 6.70. The van der Waals surface area contributed by atoms with Crippen molar-refractivity contribution in [3.63, 3.8) is 0 Å². The summed E-state index contributed by atoms with van der Waals surface area (Å²) in [5.74, 6) is 0.430. The van der Waals surface area contributed by atoms with E-state index < -0.39 is 19.9 Å². The van der Waals surface area contributed by atoms with Crippen molar-refractivity contribution in [2.75, 3.05) is 14.2 Å². The second-order valence-electron chi connectivity index (χ2n) is 9.58. The van der Waals surface area contributed by atoms with Gasteiger partial charge in [-0.25, -0.2) is 0 Å². The number of carbonyl (C=O) groups is 2. The Morgan fingerprint density at radius 1 is 1.09 bits per heavy atom. The Morgan fingerprint density at radius 3 is 2.41 bits per heavy atom. The van der Waals surface area contributed by atoms with E-state index in [1.807, 2.05) is 24.3 Å². The van der Waals surface area contributed by atoms with Crippen LogP contribution in [0.2, 0.25) is 19.6 Å². The highest BCUT2D eigenvalue weighted by atomic mass is 35.5. The number of carboxylic acid groups (broad SMARTS) is 1. The van der Waals surface area contributed by atoms with E-state index >= 15 is 0 Å². The quantitative estimate of drug-likeness (QED) is 0.181. The van der Waals surface area contributed by atoms with E-state index in [2.05, 4.69) is 19.6 Å². The first-order chi connectivity index (χ1) is 16.0. The van der Waals surface area contributed by atoms with Gasteiger partial charge >= 0.3 is 5.97 Å². The predicted octanol–water partition coefficient (Wildman–Crippen LogP) is 6.28. The van der Waals surface area contributed by atoms with E-state index in [4.69, 9.17) is 30.6 Å². The smallest absolute Gasteiger partial charge is 0.303 e. The Hall–Kier alpha value is -2.09. The van der Waals surface area contributed by atoms with E-state index in [1.165, 1.54) is 0 Å². The zero-order valence-corrected chi connectivity index (χ0v) is 22.7. The van der Waals surface area contributed by atoms with Crippen molar-refractivity contribution in [3.8, 4) is 11.5 Å². The summed E-state index contributed by atoms with van der Waals surface area (Å²) >= 11 is 6.35. The van der Waals surface area contributed by atoms with Crippen LogP contribution in [0.5, 0.6) is 11.5 Å². The van der Waals surface area contributed by atoms with Crippen molar-refractivity contribution >= 4 is 31.7 Å². The second-order valence-corrected chi connectivity index (χ2v) is 14.4. The van der Waals surface area contributed by atoms with Gasteiger partial charge in [-0.1, -0.05) is 30.2 Å². The zero-order valence-electron chi connectivity index (χ0n) is 20.9. The number of hydrogen-bond acceptors (Lipinski definition) is 5. The third-order valence-electron chi connectivity index (χ3n) is 5.67. The summed E-state index contributed by atoms with van der Waals surface area (Å²) in [5.41, 5.74) is 0.908. The lowest BCUT2D eigenvalue weighted by Crippen LogP contribution is -2.42. The van der Waals surface area contributed by atoms with Gasteiger partial charge in [-0.05, 0) is 81.9 Å². The average molecular weight is 509 g/mol. The molecule has 1 aromatic carbocycles. The first-order valence-electron chi connectivity index (χ1n) is 11.8. The summed E-state index contributed by atoms with van der Waals surface area (Å²) in [4.78, 5) is 23.7. The van der Waals surface area contributed by atoms with Crippen LogP contribution in [0.25, 0.3) is 0 Å². The molecule has 0 aromatic heterocycles. The van der Waals surface area contributed by atoms with Crippen LogP contribution in [0.15, 0.2) is 41.0 Å². The lowest BCUT2D eigenvalue weighted by Gasteiger charge is -2.36. The highest BCUT2D eigenvalue weighted by Crippen LogP contribution is 2.42. The number of Topliss-reactive ketones (excluding diaryl/α,β-unsaturated/α-hetero) is 1. The summed E-state index contributed by atoms with van der Waals surface area (Å²) in [5, 5.41) is 9.01. The molecule has 1 atom stereocenters. The Bertz CT molecular complexity index is 934. The van der Waals surface area contributed by atoms with Gasteiger partial charge in [-0.2, -0.15) is 0 Å². The maximum atomic E-state index is 13.0. The molecule has 8 heteroatoms. The van der Waals surface area contributed by atoms with Crippen LogP contribution in [0.4, 0.5) is 0 Å². The fraction of sp³-hybridized carbons (Fsp3) is 0.538. The number of aliphatic carboxylic acids is 1. The fourth-order valence-corrected chi connectivity index (χ4v) is 5.90. The molecule has 6 nitrogen and oxygen atoms in total. The molecule has 0 saturated carbocycles. The molecule has 1 aliphatic rings. The third-order valence-corrected chi connectivity index (χ3v) is 6.93. The molecule has 0 spiro atoms. The molecule has 1 unspecified atom stereocenters. The Balaban J connectivity index is 2.17. The molecule has 34 heavy (non-hydrogen) atoms. The molecule has 0 bridgehead atoms. The first kappa shape index (κ1) is 28.1. The number of methoxy groups -OCH3 is 2. The van der Waals surface area contributed by atoms with Gasteiger partial charge in [-0.3, -0.25) is 9.59 Å². The normalized spacial score (nSPS) is 19.4. The van der Waals surface area contributed by atoms with Crippen molar-refractivity contribution in [1.82, 2.24) is 0 Å².